The average molecular weight is 216 g/mol. The minimum Gasteiger partial charge on any atom is -0.316 e. The fourth-order valence-corrected chi connectivity index (χ4v) is 2.59. The molecule has 4 heteroatoms. The third-order valence-electron chi connectivity index (χ3n) is 2.25. The number of hydrogen-bond donors (Lipinski definition) is 1. The first-order valence-corrected chi connectivity index (χ1v) is 5.47. The first kappa shape index (κ1) is 9.19. The van der Waals surface area contributed by atoms with Crippen LogP contribution in [-0.4, -0.2) is 18.9 Å². The molecule has 1 N–H and O–H groups in total. The molecule has 1 aliphatic heterocycles. The van der Waals surface area contributed by atoms with Crippen molar-refractivity contribution in [1.29, 1.82) is 0 Å². The number of ketones is 1. The lowest BCUT2D eigenvalue weighted by molar-refractivity contribution is 0.0934. The van der Waals surface area contributed by atoms with Gasteiger partial charge in [-0.2, -0.15) is 0 Å². The number of rotatable bonds is 2. The van der Waals surface area contributed by atoms with Gasteiger partial charge in [0.15, 0.2) is 5.78 Å². The maximum absolute atomic E-state index is 11.8. The standard InChI is InChI=1S/C9H10ClNOS/c10-8-2-1-7(13-8)9(12)6-3-4-11-5-6/h1-2,6,11H,3-5H2. The SMILES string of the molecule is O=C(c1ccc(Cl)s1)C1CCNC1. The van der Waals surface area contributed by atoms with Gasteiger partial charge in [0.2, 0.25) is 0 Å². The fraction of sp³-hybridized carbons (Fsp3) is 0.444. The Bertz CT molecular complexity index is 317. The third-order valence-corrected chi connectivity index (χ3v) is 3.49. The van der Waals surface area contributed by atoms with Crippen molar-refractivity contribution in [3.63, 3.8) is 0 Å². The molecule has 1 saturated heterocycles. The minimum absolute atomic E-state index is 0.162. The van der Waals surface area contributed by atoms with Crippen molar-refractivity contribution in [3.8, 4) is 0 Å². The van der Waals surface area contributed by atoms with Crippen molar-refractivity contribution in [2.75, 3.05) is 13.1 Å². The van der Waals surface area contributed by atoms with E-state index in [1.165, 1.54) is 11.3 Å². The largest absolute Gasteiger partial charge is 0.316 e. The molecule has 0 radical (unpaired) electrons. The summed E-state index contributed by atoms with van der Waals surface area (Å²) in [5.41, 5.74) is 0. The summed E-state index contributed by atoms with van der Waals surface area (Å²) in [6.07, 6.45) is 0.953. The molecule has 1 atom stereocenters. The van der Waals surface area contributed by atoms with Crippen LogP contribution in [0, 0.1) is 5.92 Å². The lowest BCUT2D eigenvalue weighted by atomic mass is 10.0. The summed E-state index contributed by atoms with van der Waals surface area (Å²) in [5.74, 6) is 0.400. The minimum atomic E-state index is 0.162. The van der Waals surface area contributed by atoms with Crippen molar-refractivity contribution in [2.45, 2.75) is 6.42 Å². The van der Waals surface area contributed by atoms with Crippen LogP contribution < -0.4 is 5.32 Å². The van der Waals surface area contributed by atoms with E-state index in [1.807, 2.05) is 6.07 Å². The van der Waals surface area contributed by atoms with Gasteiger partial charge in [-0.25, -0.2) is 0 Å². The maximum Gasteiger partial charge on any atom is 0.177 e. The highest BCUT2D eigenvalue weighted by molar-refractivity contribution is 7.18. The molecule has 1 aliphatic rings. The van der Waals surface area contributed by atoms with Crippen LogP contribution >= 0.6 is 22.9 Å². The van der Waals surface area contributed by atoms with Gasteiger partial charge in [0.25, 0.3) is 0 Å². The Morgan fingerprint density at radius 3 is 3.00 bits per heavy atom. The summed E-state index contributed by atoms with van der Waals surface area (Å²) >= 11 is 7.13. The second kappa shape index (κ2) is 3.78. The summed E-state index contributed by atoms with van der Waals surface area (Å²) in [6, 6.07) is 3.59. The first-order valence-electron chi connectivity index (χ1n) is 4.27. The van der Waals surface area contributed by atoms with Crippen LogP contribution in [0.2, 0.25) is 4.34 Å². The van der Waals surface area contributed by atoms with E-state index in [1.54, 1.807) is 6.07 Å². The van der Waals surface area contributed by atoms with Crippen molar-refractivity contribution in [3.05, 3.63) is 21.3 Å². The molecule has 0 aromatic carbocycles. The van der Waals surface area contributed by atoms with Crippen molar-refractivity contribution in [1.82, 2.24) is 5.32 Å². The van der Waals surface area contributed by atoms with Crippen LogP contribution in [0.15, 0.2) is 12.1 Å². The van der Waals surface area contributed by atoms with Crippen molar-refractivity contribution < 1.29 is 4.79 Å². The van der Waals surface area contributed by atoms with Crippen molar-refractivity contribution in [2.24, 2.45) is 5.92 Å². The van der Waals surface area contributed by atoms with Crippen LogP contribution in [-0.2, 0) is 0 Å². The number of thiophene rings is 1. The molecule has 2 nitrogen and oxygen atoms in total. The van der Waals surface area contributed by atoms with E-state index in [0.717, 1.165) is 24.4 Å². The van der Waals surface area contributed by atoms with Gasteiger partial charge in [0.1, 0.15) is 0 Å². The molecule has 70 valence electrons. The molecule has 1 aromatic heterocycles. The molecule has 0 aliphatic carbocycles. The predicted molar refractivity (Wildman–Crippen MR) is 54.6 cm³/mol. The second-order valence-electron chi connectivity index (χ2n) is 3.16. The number of nitrogens with one attached hydrogen (secondary N) is 1. The maximum atomic E-state index is 11.8. The van der Waals surface area contributed by atoms with E-state index >= 15 is 0 Å². The molecule has 0 spiro atoms. The van der Waals surface area contributed by atoms with Crippen LogP contribution in [0.1, 0.15) is 16.1 Å². The molecule has 1 aromatic rings. The Hall–Kier alpha value is -0.380. The van der Waals surface area contributed by atoms with Crippen molar-refractivity contribution >= 4 is 28.7 Å². The molecule has 1 unspecified atom stereocenters. The number of halogens is 1. The molecule has 0 saturated carbocycles. The molecule has 0 amide bonds. The molecule has 13 heavy (non-hydrogen) atoms. The van der Waals surface area contributed by atoms with Gasteiger partial charge >= 0.3 is 0 Å². The van der Waals surface area contributed by atoms with Gasteiger partial charge in [-0.3, -0.25) is 4.79 Å². The Morgan fingerprint density at radius 1 is 1.62 bits per heavy atom. The van der Waals surface area contributed by atoms with Gasteiger partial charge in [0.05, 0.1) is 9.21 Å². The summed E-state index contributed by atoms with van der Waals surface area (Å²) < 4.78 is 0.689. The summed E-state index contributed by atoms with van der Waals surface area (Å²) in [7, 11) is 0. The smallest absolute Gasteiger partial charge is 0.177 e. The molecule has 0 bridgehead atoms. The monoisotopic (exact) mass is 215 g/mol. The van der Waals surface area contributed by atoms with E-state index in [-0.39, 0.29) is 11.7 Å². The zero-order chi connectivity index (χ0) is 9.26. The Balaban J connectivity index is 2.12. The fourth-order valence-electron chi connectivity index (χ4n) is 1.53. The summed E-state index contributed by atoms with van der Waals surface area (Å²) in [4.78, 5) is 12.6. The lowest BCUT2D eigenvalue weighted by Crippen LogP contribution is -2.16. The highest BCUT2D eigenvalue weighted by Crippen LogP contribution is 2.25. The van der Waals surface area contributed by atoms with E-state index in [9.17, 15) is 4.79 Å². The molecular weight excluding hydrogens is 206 g/mol. The zero-order valence-electron chi connectivity index (χ0n) is 7.05. The van der Waals surface area contributed by atoms with E-state index in [0.29, 0.717) is 4.34 Å². The second-order valence-corrected chi connectivity index (χ2v) is 4.87. The van der Waals surface area contributed by atoms with E-state index in [2.05, 4.69) is 5.32 Å². The highest BCUT2D eigenvalue weighted by atomic mass is 35.5. The van der Waals surface area contributed by atoms with Crippen LogP contribution in [0.25, 0.3) is 0 Å². The molecule has 2 rings (SSSR count). The topological polar surface area (TPSA) is 29.1 Å². The average Bonchev–Trinajstić information content (AvgIpc) is 2.72. The lowest BCUT2D eigenvalue weighted by Gasteiger charge is -2.03. The third kappa shape index (κ3) is 1.93. The first-order chi connectivity index (χ1) is 6.27. The zero-order valence-corrected chi connectivity index (χ0v) is 8.62. The predicted octanol–water partition coefficient (Wildman–Crippen LogP) is 2.19. The van der Waals surface area contributed by atoms with Gasteiger partial charge in [-0.05, 0) is 25.1 Å². The number of carbonyl (C=O) groups is 1. The Kier molecular flexibility index (Phi) is 2.67. The summed E-state index contributed by atoms with van der Waals surface area (Å²) in [6.45, 7) is 1.77. The van der Waals surface area contributed by atoms with Crippen LogP contribution in [0.3, 0.4) is 0 Å². The number of hydrogen-bond acceptors (Lipinski definition) is 3. The van der Waals surface area contributed by atoms with Crippen LogP contribution in [0.4, 0.5) is 0 Å². The molecule has 2 heterocycles. The number of Topliss-reactive ketones (excluding diaryl/α,β-unsaturated/α-hetero) is 1. The molecular formula is C9H10ClNOS. The van der Waals surface area contributed by atoms with Gasteiger partial charge < -0.3 is 5.32 Å². The van der Waals surface area contributed by atoms with Gasteiger partial charge in [-0.15, -0.1) is 11.3 Å². The van der Waals surface area contributed by atoms with E-state index < -0.39 is 0 Å². The van der Waals surface area contributed by atoms with Crippen LogP contribution in [0.5, 0.6) is 0 Å². The Labute approximate surface area is 85.9 Å². The molecule has 1 fully saturated rings. The highest BCUT2D eigenvalue weighted by Gasteiger charge is 2.24. The number of carbonyl (C=O) groups excluding carboxylic acids is 1. The van der Waals surface area contributed by atoms with E-state index in [4.69, 9.17) is 11.6 Å². The Morgan fingerprint density at radius 2 is 2.46 bits per heavy atom. The summed E-state index contributed by atoms with van der Waals surface area (Å²) in [5, 5.41) is 3.18. The quantitative estimate of drug-likeness (QED) is 0.767. The van der Waals surface area contributed by atoms with Gasteiger partial charge in [0, 0.05) is 12.5 Å². The normalized spacial score (nSPS) is 22.1. The van der Waals surface area contributed by atoms with Gasteiger partial charge in [-0.1, -0.05) is 11.6 Å².